The zero-order valence-electron chi connectivity index (χ0n) is 18.0. The Morgan fingerprint density at radius 1 is 1.20 bits per heavy atom. The number of amides is 1. The highest BCUT2D eigenvalue weighted by Crippen LogP contribution is 2.06. The van der Waals surface area contributed by atoms with Crippen molar-refractivity contribution in [2.24, 2.45) is 7.05 Å². The van der Waals surface area contributed by atoms with Gasteiger partial charge < -0.3 is 19.4 Å². The van der Waals surface area contributed by atoms with Crippen LogP contribution in [0.3, 0.4) is 0 Å². The van der Waals surface area contributed by atoms with Crippen molar-refractivity contribution in [3.8, 4) is 0 Å². The second-order valence-corrected chi connectivity index (χ2v) is 7.22. The number of ether oxygens (including phenoxy) is 2. The molecule has 0 unspecified atom stereocenters. The molecule has 0 aliphatic heterocycles. The monoisotopic (exact) mass is 421 g/mol. The Morgan fingerprint density at radius 3 is 2.43 bits per heavy atom. The lowest BCUT2D eigenvalue weighted by Crippen LogP contribution is -2.38. The number of esters is 1. The Kier molecular flexibility index (Phi) is 8.90. The van der Waals surface area contributed by atoms with Gasteiger partial charge in [-0.1, -0.05) is 0 Å². The third-order valence-corrected chi connectivity index (χ3v) is 3.42. The van der Waals surface area contributed by atoms with Crippen LogP contribution in [0.4, 0.5) is 4.79 Å². The van der Waals surface area contributed by atoms with E-state index in [0.29, 0.717) is 5.69 Å². The minimum absolute atomic E-state index is 0.162. The van der Waals surface area contributed by atoms with Gasteiger partial charge in [-0.2, -0.15) is 0 Å². The molecule has 0 aromatic carbocycles. The van der Waals surface area contributed by atoms with Crippen molar-refractivity contribution < 1.29 is 19.1 Å². The summed E-state index contributed by atoms with van der Waals surface area (Å²) >= 11 is 0. The Balaban J connectivity index is 0.000000314. The predicted octanol–water partition coefficient (Wildman–Crippen LogP) is 0.378. The molecular formula is C19H27N5O6. The van der Waals surface area contributed by atoms with Crippen molar-refractivity contribution in [2.75, 3.05) is 13.7 Å². The molecule has 0 aliphatic carbocycles. The fourth-order valence-electron chi connectivity index (χ4n) is 2.05. The first-order valence-corrected chi connectivity index (χ1v) is 9.00. The summed E-state index contributed by atoms with van der Waals surface area (Å²) in [4.78, 5) is 52.9. The van der Waals surface area contributed by atoms with E-state index in [4.69, 9.17) is 4.74 Å². The summed E-state index contributed by atoms with van der Waals surface area (Å²) in [6, 6.07) is 3.11. The first kappa shape index (κ1) is 24.5. The van der Waals surface area contributed by atoms with Gasteiger partial charge in [0, 0.05) is 25.0 Å². The van der Waals surface area contributed by atoms with Gasteiger partial charge in [0.15, 0.2) is 0 Å². The topological polar surface area (TPSA) is 134 Å². The smallest absolute Gasteiger partial charge is 0.408 e. The van der Waals surface area contributed by atoms with Crippen molar-refractivity contribution in [3.05, 3.63) is 56.9 Å². The standard InChI is InChI=1S/C11H12N4O2.C8H15NO4/c1-8-5-9(13-7-12-8)6-15-10(16)3-4-14(2)11(15)17;1-8(2,3)13-7(11)9-5-6(10)12-4/h3-5,7H,6H2,1-2H3;5H2,1-4H3,(H,9,11). The molecule has 0 saturated heterocycles. The molecule has 30 heavy (non-hydrogen) atoms. The van der Waals surface area contributed by atoms with Crippen LogP contribution in [0.1, 0.15) is 32.2 Å². The molecule has 11 heteroatoms. The minimum Gasteiger partial charge on any atom is -0.468 e. The van der Waals surface area contributed by atoms with E-state index in [0.717, 1.165) is 10.3 Å². The van der Waals surface area contributed by atoms with Gasteiger partial charge in [-0.15, -0.1) is 0 Å². The van der Waals surface area contributed by atoms with Crippen LogP contribution in [-0.4, -0.2) is 50.4 Å². The summed E-state index contributed by atoms with van der Waals surface area (Å²) in [6.07, 6.45) is 2.24. The highest BCUT2D eigenvalue weighted by atomic mass is 16.6. The zero-order chi connectivity index (χ0) is 22.9. The summed E-state index contributed by atoms with van der Waals surface area (Å²) in [5.74, 6) is -0.508. The maximum atomic E-state index is 11.8. The number of rotatable bonds is 4. The van der Waals surface area contributed by atoms with Crippen LogP contribution in [0.15, 0.2) is 34.2 Å². The molecule has 0 aliphatic rings. The zero-order valence-corrected chi connectivity index (χ0v) is 18.0. The molecule has 11 nitrogen and oxygen atoms in total. The van der Waals surface area contributed by atoms with Gasteiger partial charge in [-0.3, -0.25) is 14.2 Å². The molecule has 0 bridgehead atoms. The highest BCUT2D eigenvalue weighted by Gasteiger charge is 2.16. The average Bonchev–Trinajstić information content (AvgIpc) is 2.65. The number of carbonyl (C=O) groups excluding carboxylic acids is 2. The van der Waals surface area contributed by atoms with Crippen LogP contribution in [0.25, 0.3) is 0 Å². The third kappa shape index (κ3) is 8.67. The van der Waals surface area contributed by atoms with E-state index in [1.807, 2.05) is 6.92 Å². The average molecular weight is 421 g/mol. The highest BCUT2D eigenvalue weighted by molar-refractivity contribution is 5.77. The summed E-state index contributed by atoms with van der Waals surface area (Å²) in [6.45, 7) is 7.04. The minimum atomic E-state index is -0.627. The molecule has 1 N–H and O–H groups in total. The number of nitrogens with one attached hydrogen (secondary N) is 1. The molecular weight excluding hydrogens is 394 g/mol. The molecule has 0 saturated carbocycles. The molecule has 0 atom stereocenters. The molecule has 0 radical (unpaired) electrons. The summed E-state index contributed by atoms with van der Waals surface area (Å²) in [5, 5.41) is 2.25. The number of methoxy groups -OCH3 is 1. The summed E-state index contributed by atoms with van der Waals surface area (Å²) < 4.78 is 11.7. The van der Waals surface area contributed by atoms with Crippen LogP contribution in [0, 0.1) is 6.92 Å². The normalized spacial score (nSPS) is 10.5. The Morgan fingerprint density at radius 2 is 1.87 bits per heavy atom. The Bertz CT molecular complexity index is 990. The van der Waals surface area contributed by atoms with Gasteiger partial charge in [0.05, 0.1) is 19.3 Å². The molecule has 2 aromatic heterocycles. The summed E-state index contributed by atoms with van der Waals surface area (Å²) in [7, 11) is 2.85. The maximum absolute atomic E-state index is 11.8. The van der Waals surface area contributed by atoms with Crippen LogP contribution < -0.4 is 16.6 Å². The van der Waals surface area contributed by atoms with Crippen LogP contribution in [0.5, 0.6) is 0 Å². The maximum Gasteiger partial charge on any atom is 0.408 e. The van der Waals surface area contributed by atoms with Gasteiger partial charge in [-0.05, 0) is 33.8 Å². The van der Waals surface area contributed by atoms with Crippen molar-refractivity contribution in [3.63, 3.8) is 0 Å². The van der Waals surface area contributed by atoms with E-state index in [1.54, 1.807) is 33.9 Å². The SMILES string of the molecule is COC(=O)CNC(=O)OC(C)(C)C.Cc1cc(Cn2c(=O)ccn(C)c2=O)ncn1. The second-order valence-electron chi connectivity index (χ2n) is 7.22. The molecule has 164 valence electrons. The molecule has 1 amide bonds. The van der Waals surface area contributed by atoms with Gasteiger partial charge >= 0.3 is 17.8 Å². The molecule has 0 spiro atoms. The lowest BCUT2D eigenvalue weighted by Gasteiger charge is -2.19. The molecule has 0 fully saturated rings. The summed E-state index contributed by atoms with van der Waals surface area (Å²) in [5.41, 5.74) is 0.206. The first-order chi connectivity index (χ1) is 13.9. The fraction of sp³-hybridized carbons (Fsp3) is 0.474. The van der Waals surface area contributed by atoms with E-state index in [2.05, 4.69) is 20.0 Å². The third-order valence-electron chi connectivity index (χ3n) is 3.42. The van der Waals surface area contributed by atoms with Gasteiger partial charge in [0.2, 0.25) is 0 Å². The molecule has 2 rings (SSSR count). The number of carbonyl (C=O) groups is 2. The van der Waals surface area contributed by atoms with Crippen molar-refractivity contribution in [1.29, 1.82) is 0 Å². The van der Waals surface area contributed by atoms with Crippen LogP contribution >= 0.6 is 0 Å². The molecule has 2 heterocycles. The lowest BCUT2D eigenvalue weighted by molar-refractivity contribution is -0.139. The van der Waals surface area contributed by atoms with Gasteiger partial charge in [0.1, 0.15) is 18.5 Å². The quantitative estimate of drug-likeness (QED) is 0.700. The van der Waals surface area contributed by atoms with Crippen molar-refractivity contribution in [2.45, 2.75) is 39.8 Å². The van der Waals surface area contributed by atoms with Gasteiger partial charge in [0.25, 0.3) is 5.56 Å². The van der Waals surface area contributed by atoms with Crippen molar-refractivity contribution >= 4 is 12.1 Å². The number of aryl methyl sites for hydroxylation is 2. The number of aromatic nitrogens is 4. The fourth-order valence-corrected chi connectivity index (χ4v) is 2.05. The van der Waals surface area contributed by atoms with E-state index < -0.39 is 17.7 Å². The van der Waals surface area contributed by atoms with E-state index in [-0.39, 0.29) is 24.3 Å². The molecule has 2 aromatic rings. The van der Waals surface area contributed by atoms with Gasteiger partial charge in [-0.25, -0.2) is 19.6 Å². The second kappa shape index (κ2) is 10.9. The van der Waals surface area contributed by atoms with Crippen molar-refractivity contribution in [1.82, 2.24) is 24.4 Å². The van der Waals surface area contributed by atoms with E-state index in [9.17, 15) is 19.2 Å². The first-order valence-electron chi connectivity index (χ1n) is 9.00. The van der Waals surface area contributed by atoms with Crippen LogP contribution in [0.2, 0.25) is 0 Å². The van der Waals surface area contributed by atoms with Crippen LogP contribution in [-0.2, 0) is 27.9 Å². The number of nitrogens with zero attached hydrogens (tertiary/aromatic N) is 4. The number of hydrogen-bond acceptors (Lipinski definition) is 8. The van der Waals surface area contributed by atoms with E-state index in [1.165, 1.54) is 30.3 Å². The Labute approximate surface area is 173 Å². The largest absolute Gasteiger partial charge is 0.468 e. The number of alkyl carbamates (subject to hydrolysis) is 1. The predicted molar refractivity (Wildman–Crippen MR) is 108 cm³/mol. The number of hydrogen-bond donors (Lipinski definition) is 1. The lowest BCUT2D eigenvalue weighted by atomic mass is 10.2. The van der Waals surface area contributed by atoms with E-state index >= 15 is 0 Å². The Hall–Kier alpha value is -3.50.